The third-order valence-electron chi connectivity index (χ3n) is 4.82. The second-order valence-corrected chi connectivity index (χ2v) is 6.85. The van der Waals surface area contributed by atoms with Crippen molar-refractivity contribution in [1.29, 1.82) is 0 Å². The Morgan fingerprint density at radius 2 is 2.00 bits per heavy atom. The van der Waals surface area contributed by atoms with Crippen molar-refractivity contribution in [3.8, 4) is 34.7 Å². The molecule has 30 heavy (non-hydrogen) atoms. The molecule has 0 amide bonds. The molecule has 1 aromatic carbocycles. The summed E-state index contributed by atoms with van der Waals surface area (Å²) in [6.07, 6.45) is 5.95. The first-order valence-corrected chi connectivity index (χ1v) is 9.61. The summed E-state index contributed by atoms with van der Waals surface area (Å²) in [6.45, 7) is 3.98. The molecule has 1 aliphatic heterocycles. The maximum absolute atomic E-state index is 5.49. The van der Waals surface area contributed by atoms with E-state index in [1.807, 2.05) is 31.2 Å². The maximum Gasteiger partial charge on any atom is 0.258 e. The third kappa shape index (κ3) is 3.39. The number of nitrogens with zero attached hydrogens (tertiary/aromatic N) is 8. The van der Waals surface area contributed by atoms with Gasteiger partial charge in [-0.1, -0.05) is 17.1 Å². The van der Waals surface area contributed by atoms with Crippen LogP contribution in [0.4, 0.5) is 5.95 Å². The van der Waals surface area contributed by atoms with Crippen molar-refractivity contribution in [2.24, 2.45) is 0 Å². The Balaban J connectivity index is 1.39. The summed E-state index contributed by atoms with van der Waals surface area (Å²) in [5.41, 5.74) is 2.61. The summed E-state index contributed by atoms with van der Waals surface area (Å²) in [5.74, 6) is 8.56. The van der Waals surface area contributed by atoms with Gasteiger partial charge in [0.2, 0.25) is 5.95 Å². The van der Waals surface area contributed by atoms with Gasteiger partial charge in [0.15, 0.2) is 11.6 Å². The van der Waals surface area contributed by atoms with Crippen molar-refractivity contribution in [3.05, 3.63) is 54.4 Å². The summed E-state index contributed by atoms with van der Waals surface area (Å²) >= 11 is 0. The highest BCUT2D eigenvalue weighted by molar-refractivity contribution is 5.57. The van der Waals surface area contributed by atoms with Gasteiger partial charge in [-0.2, -0.15) is 4.98 Å². The first-order valence-electron chi connectivity index (χ1n) is 9.61. The van der Waals surface area contributed by atoms with Gasteiger partial charge < -0.3 is 9.42 Å². The van der Waals surface area contributed by atoms with Gasteiger partial charge in [0.25, 0.3) is 5.89 Å². The van der Waals surface area contributed by atoms with E-state index in [1.165, 1.54) is 6.33 Å². The second kappa shape index (κ2) is 7.75. The summed E-state index contributed by atoms with van der Waals surface area (Å²) in [5, 5.41) is 12.9. The van der Waals surface area contributed by atoms with Crippen LogP contribution in [0, 0.1) is 11.8 Å². The lowest BCUT2D eigenvalue weighted by atomic mass is 10.1. The van der Waals surface area contributed by atoms with Gasteiger partial charge in [0, 0.05) is 36.6 Å². The van der Waals surface area contributed by atoms with Gasteiger partial charge >= 0.3 is 0 Å². The van der Waals surface area contributed by atoms with Crippen molar-refractivity contribution in [2.45, 2.75) is 26.4 Å². The van der Waals surface area contributed by atoms with Crippen molar-refractivity contribution in [1.82, 2.24) is 34.9 Å². The fourth-order valence-corrected chi connectivity index (χ4v) is 3.51. The molecule has 0 N–H and O–H groups in total. The molecule has 0 spiro atoms. The van der Waals surface area contributed by atoms with Gasteiger partial charge in [0.05, 0.1) is 12.1 Å². The monoisotopic (exact) mass is 398 g/mol. The molecule has 148 valence electrons. The van der Waals surface area contributed by atoms with E-state index in [-0.39, 0.29) is 0 Å². The SMILES string of the molecule is CC#Cc1cccc(-c2nc(CN3CCCn4c(-c5cncnc5)nnc43)no2)c1. The second-order valence-electron chi connectivity index (χ2n) is 6.85. The van der Waals surface area contributed by atoms with Gasteiger partial charge in [-0.25, -0.2) is 9.97 Å². The third-order valence-corrected chi connectivity index (χ3v) is 4.82. The average Bonchev–Trinajstić information content (AvgIpc) is 3.43. The summed E-state index contributed by atoms with van der Waals surface area (Å²) in [6, 6.07) is 7.76. The van der Waals surface area contributed by atoms with Crippen molar-refractivity contribution in [3.63, 3.8) is 0 Å². The zero-order chi connectivity index (χ0) is 20.3. The fraction of sp³-hybridized carbons (Fsp3) is 0.238. The molecule has 0 aliphatic carbocycles. The van der Waals surface area contributed by atoms with Crippen LogP contribution in [0.25, 0.3) is 22.8 Å². The average molecular weight is 398 g/mol. The van der Waals surface area contributed by atoms with Crippen LogP contribution in [0.15, 0.2) is 47.5 Å². The first-order chi connectivity index (χ1) is 14.8. The molecule has 0 fully saturated rings. The van der Waals surface area contributed by atoms with E-state index in [0.717, 1.165) is 48.0 Å². The molecular formula is C21H18N8O. The van der Waals surface area contributed by atoms with Gasteiger partial charge in [-0.15, -0.1) is 16.1 Å². The molecule has 1 aliphatic rings. The molecule has 0 bridgehead atoms. The van der Waals surface area contributed by atoms with E-state index in [1.54, 1.807) is 12.4 Å². The number of fused-ring (bicyclic) bond motifs is 1. The normalized spacial score (nSPS) is 12.9. The Hall–Kier alpha value is -4.06. The maximum atomic E-state index is 5.49. The number of hydrogen-bond donors (Lipinski definition) is 0. The Kier molecular flexibility index (Phi) is 4.65. The predicted molar refractivity (Wildman–Crippen MR) is 109 cm³/mol. The minimum atomic E-state index is 0.477. The van der Waals surface area contributed by atoms with Gasteiger partial charge in [0.1, 0.15) is 6.33 Å². The highest BCUT2D eigenvalue weighted by Crippen LogP contribution is 2.27. The molecule has 0 saturated carbocycles. The highest BCUT2D eigenvalue weighted by atomic mass is 16.5. The van der Waals surface area contributed by atoms with Gasteiger partial charge in [-0.05, 0) is 31.5 Å². The standard InChI is InChI=1S/C21H18N8O/c1-2-5-15-6-3-7-16(10-15)20-24-18(27-30-20)13-28-8-4-9-29-19(25-26-21(28)29)17-11-22-14-23-12-17/h3,6-7,10-12,14H,4,8-9,13H2,1H3. The van der Waals surface area contributed by atoms with Crippen LogP contribution >= 0.6 is 0 Å². The quantitative estimate of drug-likeness (QED) is 0.484. The molecule has 5 rings (SSSR count). The van der Waals surface area contributed by atoms with Gasteiger partial charge in [-0.3, -0.25) is 4.57 Å². The smallest absolute Gasteiger partial charge is 0.258 e. The van der Waals surface area contributed by atoms with Crippen molar-refractivity contribution < 1.29 is 4.52 Å². The van der Waals surface area contributed by atoms with E-state index >= 15 is 0 Å². The van der Waals surface area contributed by atoms with E-state index in [0.29, 0.717) is 18.3 Å². The fourth-order valence-electron chi connectivity index (χ4n) is 3.51. The lowest BCUT2D eigenvalue weighted by Crippen LogP contribution is -2.32. The van der Waals surface area contributed by atoms with E-state index < -0.39 is 0 Å². The Morgan fingerprint density at radius 1 is 1.10 bits per heavy atom. The van der Waals surface area contributed by atoms with E-state index in [9.17, 15) is 0 Å². The van der Waals surface area contributed by atoms with Crippen LogP contribution in [-0.4, -0.2) is 41.4 Å². The number of benzene rings is 1. The molecule has 9 nitrogen and oxygen atoms in total. The predicted octanol–water partition coefficient (Wildman–Crippen LogP) is 2.57. The van der Waals surface area contributed by atoms with Crippen LogP contribution in [-0.2, 0) is 13.1 Å². The molecule has 4 heterocycles. The molecule has 0 unspecified atom stereocenters. The molecule has 0 atom stereocenters. The highest BCUT2D eigenvalue weighted by Gasteiger charge is 2.25. The van der Waals surface area contributed by atoms with Crippen molar-refractivity contribution in [2.75, 3.05) is 11.4 Å². The molecule has 4 aromatic rings. The Bertz CT molecular complexity index is 1230. The Labute approximate surface area is 172 Å². The van der Waals surface area contributed by atoms with E-state index in [4.69, 9.17) is 4.52 Å². The Morgan fingerprint density at radius 3 is 2.87 bits per heavy atom. The number of hydrogen-bond acceptors (Lipinski definition) is 8. The van der Waals surface area contributed by atoms with Crippen LogP contribution in [0.1, 0.15) is 24.7 Å². The zero-order valence-electron chi connectivity index (χ0n) is 16.4. The minimum Gasteiger partial charge on any atom is -0.334 e. The zero-order valence-corrected chi connectivity index (χ0v) is 16.4. The summed E-state index contributed by atoms with van der Waals surface area (Å²) in [4.78, 5) is 14.8. The number of anilines is 1. The summed E-state index contributed by atoms with van der Waals surface area (Å²) < 4.78 is 7.57. The van der Waals surface area contributed by atoms with Crippen LogP contribution < -0.4 is 4.90 Å². The number of aromatic nitrogens is 7. The first kappa shape index (κ1) is 18.0. The lowest BCUT2D eigenvalue weighted by Gasteiger charge is -2.27. The number of rotatable bonds is 4. The molecule has 0 radical (unpaired) electrons. The summed E-state index contributed by atoms with van der Waals surface area (Å²) in [7, 11) is 0. The topological polar surface area (TPSA) is 98.7 Å². The lowest BCUT2D eigenvalue weighted by molar-refractivity contribution is 0.420. The van der Waals surface area contributed by atoms with Crippen molar-refractivity contribution >= 4 is 5.95 Å². The van der Waals surface area contributed by atoms with Crippen LogP contribution in [0.2, 0.25) is 0 Å². The van der Waals surface area contributed by atoms with Crippen LogP contribution in [0.5, 0.6) is 0 Å². The molecule has 9 heteroatoms. The largest absolute Gasteiger partial charge is 0.334 e. The molecular weight excluding hydrogens is 380 g/mol. The molecule has 0 saturated heterocycles. The minimum absolute atomic E-state index is 0.477. The molecule has 3 aromatic heterocycles. The van der Waals surface area contributed by atoms with Crippen LogP contribution in [0.3, 0.4) is 0 Å². The van der Waals surface area contributed by atoms with E-state index in [2.05, 4.69) is 51.6 Å².